The van der Waals surface area contributed by atoms with Crippen LogP contribution in [0.4, 0.5) is 18.9 Å². The lowest BCUT2D eigenvalue weighted by Gasteiger charge is -2.06. The van der Waals surface area contributed by atoms with Crippen molar-refractivity contribution in [3.05, 3.63) is 59.8 Å². The number of nitrogens with two attached hydrogens (primary N) is 1. The van der Waals surface area contributed by atoms with Crippen LogP contribution in [0.2, 0.25) is 0 Å². The van der Waals surface area contributed by atoms with Gasteiger partial charge in [0, 0.05) is 16.8 Å². The van der Waals surface area contributed by atoms with Crippen LogP contribution in [-0.2, 0) is 12.6 Å². The summed E-state index contributed by atoms with van der Waals surface area (Å²) in [5, 5.41) is 0. The number of nitrogen functional groups attached to an aromatic ring is 1. The molecule has 0 radical (unpaired) electrons. The van der Waals surface area contributed by atoms with Crippen molar-refractivity contribution in [2.45, 2.75) is 19.5 Å². The van der Waals surface area contributed by atoms with E-state index in [2.05, 4.69) is 4.98 Å². The van der Waals surface area contributed by atoms with E-state index in [0.29, 0.717) is 29.1 Å². The van der Waals surface area contributed by atoms with Crippen molar-refractivity contribution >= 4 is 5.69 Å². The quantitative estimate of drug-likeness (QED) is 0.673. The average molecular weight is 332 g/mol. The Morgan fingerprint density at radius 2 is 1.71 bits per heavy atom. The van der Waals surface area contributed by atoms with Gasteiger partial charge in [-0.05, 0) is 42.8 Å². The minimum atomic E-state index is -4.37. The van der Waals surface area contributed by atoms with Crippen molar-refractivity contribution in [1.82, 2.24) is 4.98 Å². The molecule has 0 aliphatic carbocycles. The second kappa shape index (κ2) is 6.03. The van der Waals surface area contributed by atoms with Crippen molar-refractivity contribution in [3.63, 3.8) is 0 Å². The van der Waals surface area contributed by atoms with E-state index in [4.69, 9.17) is 10.2 Å². The van der Waals surface area contributed by atoms with Gasteiger partial charge in [-0.1, -0.05) is 19.1 Å². The maximum Gasteiger partial charge on any atom is 0.416 e. The van der Waals surface area contributed by atoms with Crippen LogP contribution < -0.4 is 5.73 Å². The van der Waals surface area contributed by atoms with Gasteiger partial charge in [-0.25, -0.2) is 4.98 Å². The van der Waals surface area contributed by atoms with Crippen molar-refractivity contribution in [2.24, 2.45) is 0 Å². The lowest BCUT2D eigenvalue weighted by molar-refractivity contribution is -0.137. The third-order valence-corrected chi connectivity index (χ3v) is 3.70. The molecule has 1 heterocycles. The minimum Gasteiger partial charge on any atom is -0.436 e. The van der Waals surface area contributed by atoms with Crippen molar-refractivity contribution in [2.75, 3.05) is 5.73 Å². The number of hydrogen-bond donors (Lipinski definition) is 1. The largest absolute Gasteiger partial charge is 0.436 e. The Balaban J connectivity index is 2.03. The maximum atomic E-state index is 12.7. The SMILES string of the molecule is CCc1nc(-c2ccc(C(F)(F)F)cc2)oc1-c1ccccc1N. The van der Waals surface area contributed by atoms with Crippen molar-refractivity contribution < 1.29 is 17.6 Å². The van der Waals surface area contributed by atoms with Gasteiger partial charge in [-0.3, -0.25) is 0 Å². The summed E-state index contributed by atoms with van der Waals surface area (Å²) < 4.78 is 43.8. The number of aromatic nitrogens is 1. The van der Waals surface area contributed by atoms with Crippen molar-refractivity contribution in [3.8, 4) is 22.8 Å². The summed E-state index contributed by atoms with van der Waals surface area (Å²) in [7, 11) is 0. The number of hydrogen-bond acceptors (Lipinski definition) is 3. The molecular formula is C18H15F3N2O. The summed E-state index contributed by atoms with van der Waals surface area (Å²) in [6.45, 7) is 1.93. The highest BCUT2D eigenvalue weighted by atomic mass is 19.4. The number of alkyl halides is 3. The van der Waals surface area contributed by atoms with Gasteiger partial charge in [-0.2, -0.15) is 13.2 Å². The predicted octanol–water partition coefficient (Wildman–Crippen LogP) is 5.17. The van der Waals surface area contributed by atoms with Crippen molar-refractivity contribution in [1.29, 1.82) is 0 Å². The van der Waals surface area contributed by atoms with Crippen LogP contribution >= 0.6 is 0 Å². The topological polar surface area (TPSA) is 52.0 Å². The first-order valence-corrected chi connectivity index (χ1v) is 7.42. The zero-order chi connectivity index (χ0) is 17.3. The molecule has 2 N–H and O–H groups in total. The van der Waals surface area contributed by atoms with Crippen LogP contribution in [0.3, 0.4) is 0 Å². The summed E-state index contributed by atoms with van der Waals surface area (Å²) >= 11 is 0. The number of oxazole rings is 1. The number of anilines is 1. The van der Waals surface area contributed by atoms with E-state index in [1.54, 1.807) is 6.07 Å². The molecule has 3 nitrogen and oxygen atoms in total. The molecule has 0 saturated carbocycles. The highest BCUT2D eigenvalue weighted by Gasteiger charge is 2.30. The summed E-state index contributed by atoms with van der Waals surface area (Å²) in [5.74, 6) is 0.823. The molecule has 3 aromatic rings. The predicted molar refractivity (Wildman–Crippen MR) is 86.2 cm³/mol. The molecule has 0 bridgehead atoms. The Morgan fingerprint density at radius 3 is 2.29 bits per heavy atom. The molecule has 1 aromatic heterocycles. The van der Waals surface area contributed by atoms with Gasteiger partial charge in [0.15, 0.2) is 5.76 Å². The van der Waals surface area contributed by atoms with E-state index in [-0.39, 0.29) is 5.89 Å². The maximum absolute atomic E-state index is 12.7. The fourth-order valence-corrected chi connectivity index (χ4v) is 2.43. The molecule has 0 aliphatic rings. The molecule has 0 fully saturated rings. The number of benzene rings is 2. The fourth-order valence-electron chi connectivity index (χ4n) is 2.43. The number of rotatable bonds is 3. The smallest absolute Gasteiger partial charge is 0.416 e. The number of para-hydroxylation sites is 1. The normalized spacial score (nSPS) is 11.7. The summed E-state index contributed by atoms with van der Waals surface area (Å²) in [4.78, 5) is 4.40. The number of aryl methyl sites for hydroxylation is 1. The molecule has 2 aromatic carbocycles. The zero-order valence-electron chi connectivity index (χ0n) is 12.9. The molecule has 0 atom stereocenters. The van der Waals surface area contributed by atoms with E-state index >= 15 is 0 Å². The molecule has 0 spiro atoms. The van der Waals surface area contributed by atoms with E-state index in [1.165, 1.54) is 12.1 Å². The second-order valence-electron chi connectivity index (χ2n) is 5.31. The van der Waals surface area contributed by atoms with Gasteiger partial charge in [0.2, 0.25) is 5.89 Å². The average Bonchev–Trinajstić information content (AvgIpc) is 2.99. The van der Waals surface area contributed by atoms with Gasteiger partial charge in [0.25, 0.3) is 0 Å². The van der Waals surface area contributed by atoms with Gasteiger partial charge in [0.05, 0.1) is 11.3 Å². The molecule has 124 valence electrons. The van der Waals surface area contributed by atoms with Crippen LogP contribution in [0.5, 0.6) is 0 Å². The first kappa shape index (κ1) is 16.1. The highest BCUT2D eigenvalue weighted by Crippen LogP contribution is 2.35. The molecular weight excluding hydrogens is 317 g/mol. The van der Waals surface area contributed by atoms with Gasteiger partial charge in [-0.15, -0.1) is 0 Å². The molecule has 24 heavy (non-hydrogen) atoms. The summed E-state index contributed by atoms with van der Waals surface area (Å²) in [6.07, 6.45) is -3.75. The Morgan fingerprint density at radius 1 is 1.04 bits per heavy atom. The summed E-state index contributed by atoms with van der Waals surface area (Å²) in [6, 6.07) is 12.0. The second-order valence-corrected chi connectivity index (χ2v) is 5.31. The minimum absolute atomic E-state index is 0.277. The lowest BCUT2D eigenvalue weighted by Crippen LogP contribution is -2.03. The van der Waals surface area contributed by atoms with Crippen LogP contribution in [0.15, 0.2) is 52.9 Å². The van der Waals surface area contributed by atoms with Gasteiger partial charge < -0.3 is 10.2 Å². The fraction of sp³-hybridized carbons (Fsp3) is 0.167. The zero-order valence-corrected chi connectivity index (χ0v) is 12.9. The summed E-state index contributed by atoms with van der Waals surface area (Å²) in [5.41, 5.74) is 7.75. The van der Waals surface area contributed by atoms with E-state index in [1.807, 2.05) is 25.1 Å². The van der Waals surface area contributed by atoms with Crippen LogP contribution in [-0.4, -0.2) is 4.98 Å². The monoisotopic (exact) mass is 332 g/mol. The Labute approximate surface area is 136 Å². The molecule has 0 aliphatic heterocycles. The lowest BCUT2D eigenvalue weighted by atomic mass is 10.1. The third-order valence-electron chi connectivity index (χ3n) is 3.70. The van der Waals surface area contributed by atoms with E-state index in [9.17, 15) is 13.2 Å². The van der Waals surface area contributed by atoms with E-state index < -0.39 is 11.7 Å². The molecule has 6 heteroatoms. The molecule has 0 amide bonds. The third kappa shape index (κ3) is 2.99. The van der Waals surface area contributed by atoms with Crippen LogP contribution in [0.1, 0.15) is 18.2 Å². The first-order chi connectivity index (χ1) is 11.4. The van der Waals surface area contributed by atoms with Gasteiger partial charge in [0.1, 0.15) is 0 Å². The standard InChI is InChI=1S/C18H15F3N2O/c1-2-15-16(13-5-3-4-6-14(13)22)24-17(23-15)11-7-9-12(10-8-11)18(19,20)21/h3-10H,2,22H2,1H3. The molecule has 0 unspecified atom stereocenters. The number of halogens is 3. The molecule has 0 saturated heterocycles. The first-order valence-electron chi connectivity index (χ1n) is 7.42. The number of nitrogens with zero attached hydrogens (tertiary/aromatic N) is 1. The Hall–Kier alpha value is -2.76. The van der Waals surface area contributed by atoms with Crippen LogP contribution in [0, 0.1) is 0 Å². The highest BCUT2D eigenvalue weighted by molar-refractivity contribution is 5.75. The van der Waals surface area contributed by atoms with Crippen LogP contribution in [0.25, 0.3) is 22.8 Å². The Kier molecular flexibility index (Phi) is 4.05. The Bertz CT molecular complexity index is 851. The molecule has 3 rings (SSSR count). The van der Waals surface area contributed by atoms with E-state index in [0.717, 1.165) is 17.7 Å². The van der Waals surface area contributed by atoms with Gasteiger partial charge >= 0.3 is 6.18 Å².